The van der Waals surface area contributed by atoms with Gasteiger partial charge in [-0.1, -0.05) is 13.8 Å². The van der Waals surface area contributed by atoms with E-state index in [1.165, 1.54) is 32.0 Å². The molecule has 0 saturated heterocycles. The molecule has 0 radical (unpaired) electrons. The maximum atomic E-state index is 13.0. The molecule has 36 heavy (non-hydrogen) atoms. The van der Waals surface area contributed by atoms with Crippen molar-refractivity contribution in [3.05, 3.63) is 36.4 Å². The first kappa shape index (κ1) is 28.5. The number of aliphatic carboxylic acids is 1. The van der Waals surface area contributed by atoms with Crippen LogP contribution in [-0.4, -0.2) is 84.1 Å². The Morgan fingerprint density at radius 1 is 0.889 bits per heavy atom. The van der Waals surface area contributed by atoms with Gasteiger partial charge in [0, 0.05) is 36.6 Å². The zero-order valence-electron chi connectivity index (χ0n) is 20.4. The molecule has 2 heterocycles. The Kier molecular flexibility index (Phi) is 10.5. The summed E-state index contributed by atoms with van der Waals surface area (Å²) in [4.78, 5) is 63.6. The van der Waals surface area contributed by atoms with Crippen LogP contribution in [0.1, 0.15) is 38.6 Å². The quantitative estimate of drug-likeness (QED) is 0.144. The number of nitrogens with one attached hydrogen (secondary N) is 5. The van der Waals surface area contributed by atoms with Gasteiger partial charge in [-0.05, 0) is 19.3 Å². The molecule has 2 aromatic heterocycles. The number of carboxylic acids is 1. The SMILES string of the molecule is CC(C)CC(NC(=O)C(Cc1cnc[nH]1)NC(=O)C(NC(=O)C(N)Cc1cnc[nH]1)C(C)O)C(=O)O. The molecule has 0 spiro atoms. The number of nitrogens with two attached hydrogens (primary N) is 1. The summed E-state index contributed by atoms with van der Waals surface area (Å²) in [6.07, 6.45) is 4.75. The molecule has 0 bridgehead atoms. The largest absolute Gasteiger partial charge is 0.480 e. The van der Waals surface area contributed by atoms with E-state index in [-0.39, 0.29) is 25.2 Å². The van der Waals surface area contributed by atoms with Gasteiger partial charge in [0.1, 0.15) is 18.1 Å². The number of aromatic amines is 2. The number of H-pyrrole nitrogens is 2. The summed E-state index contributed by atoms with van der Waals surface area (Å²) in [5.74, 6) is -3.49. The first-order valence-corrected chi connectivity index (χ1v) is 11.5. The van der Waals surface area contributed by atoms with Crippen LogP contribution < -0.4 is 21.7 Å². The third-order valence-electron chi connectivity index (χ3n) is 5.33. The van der Waals surface area contributed by atoms with Crippen LogP contribution in [0.15, 0.2) is 25.0 Å². The highest BCUT2D eigenvalue weighted by molar-refractivity contribution is 5.94. The first-order valence-electron chi connectivity index (χ1n) is 11.5. The molecule has 9 N–H and O–H groups in total. The van der Waals surface area contributed by atoms with E-state index < -0.39 is 54.0 Å². The van der Waals surface area contributed by atoms with Gasteiger partial charge in [0.2, 0.25) is 17.7 Å². The average molecular weight is 507 g/mol. The topological polar surface area (TPSA) is 228 Å². The van der Waals surface area contributed by atoms with E-state index in [2.05, 4.69) is 35.9 Å². The van der Waals surface area contributed by atoms with Crippen molar-refractivity contribution in [2.45, 2.75) is 70.3 Å². The molecule has 2 rings (SSSR count). The van der Waals surface area contributed by atoms with Crippen molar-refractivity contribution in [3.8, 4) is 0 Å². The highest BCUT2D eigenvalue weighted by Crippen LogP contribution is 2.07. The summed E-state index contributed by atoms with van der Waals surface area (Å²) in [6.45, 7) is 4.94. The second-order valence-electron chi connectivity index (χ2n) is 8.99. The molecule has 0 aliphatic heterocycles. The summed E-state index contributed by atoms with van der Waals surface area (Å²) in [7, 11) is 0. The highest BCUT2D eigenvalue weighted by atomic mass is 16.4. The molecule has 198 valence electrons. The molecule has 5 atom stereocenters. The van der Waals surface area contributed by atoms with Gasteiger partial charge in [0.05, 0.1) is 24.8 Å². The van der Waals surface area contributed by atoms with Crippen LogP contribution in [-0.2, 0) is 32.0 Å². The summed E-state index contributed by atoms with van der Waals surface area (Å²) >= 11 is 0. The van der Waals surface area contributed by atoms with Gasteiger partial charge in [0.25, 0.3) is 0 Å². The molecule has 14 heteroatoms. The third kappa shape index (κ3) is 8.78. The molecule has 0 aliphatic rings. The van der Waals surface area contributed by atoms with Crippen LogP contribution in [0.5, 0.6) is 0 Å². The maximum absolute atomic E-state index is 13.0. The van der Waals surface area contributed by atoms with Gasteiger partial charge in [-0.2, -0.15) is 0 Å². The van der Waals surface area contributed by atoms with Crippen LogP contribution in [0, 0.1) is 5.92 Å². The Labute approximate surface area is 207 Å². The normalized spacial score (nSPS) is 15.4. The minimum atomic E-state index is -1.42. The van der Waals surface area contributed by atoms with Gasteiger partial charge >= 0.3 is 5.97 Å². The van der Waals surface area contributed by atoms with Gasteiger partial charge in [-0.3, -0.25) is 14.4 Å². The third-order valence-corrected chi connectivity index (χ3v) is 5.33. The second-order valence-corrected chi connectivity index (χ2v) is 8.99. The average Bonchev–Trinajstić information content (AvgIpc) is 3.49. The van der Waals surface area contributed by atoms with Crippen LogP contribution in [0.4, 0.5) is 0 Å². The number of carboxylic acid groups (broad SMARTS) is 1. The molecule has 0 saturated carbocycles. The number of imidazole rings is 2. The minimum absolute atomic E-state index is 0.00662. The van der Waals surface area contributed by atoms with E-state index in [1.54, 1.807) is 0 Å². The van der Waals surface area contributed by atoms with Crippen LogP contribution in [0.2, 0.25) is 0 Å². The molecule has 0 aliphatic carbocycles. The molecule has 3 amide bonds. The van der Waals surface area contributed by atoms with Gasteiger partial charge in [-0.25, -0.2) is 14.8 Å². The van der Waals surface area contributed by atoms with Crippen molar-refractivity contribution in [1.82, 2.24) is 35.9 Å². The number of aliphatic hydroxyl groups is 1. The Balaban J connectivity index is 2.13. The molecular formula is C22H34N8O6. The van der Waals surface area contributed by atoms with Crippen molar-refractivity contribution < 1.29 is 29.4 Å². The van der Waals surface area contributed by atoms with E-state index in [0.29, 0.717) is 11.4 Å². The molecular weight excluding hydrogens is 472 g/mol. The number of hydrogen-bond acceptors (Lipinski definition) is 8. The lowest BCUT2D eigenvalue weighted by Gasteiger charge is -2.26. The molecule has 2 aromatic rings. The number of rotatable bonds is 14. The van der Waals surface area contributed by atoms with Gasteiger partial charge < -0.3 is 41.9 Å². The zero-order valence-corrected chi connectivity index (χ0v) is 20.4. The Morgan fingerprint density at radius 3 is 1.92 bits per heavy atom. The number of carbonyl (C=O) groups excluding carboxylic acids is 3. The lowest BCUT2D eigenvalue weighted by molar-refractivity contribution is -0.143. The number of amides is 3. The van der Waals surface area contributed by atoms with Crippen molar-refractivity contribution >= 4 is 23.7 Å². The standard InChI is InChI=1S/C22H34N8O6/c1-11(2)4-17(22(35)36)29-20(33)16(6-14-8-25-10-27-14)28-21(34)18(12(3)31)30-19(32)15(23)5-13-7-24-9-26-13/h7-12,15-18,31H,4-6,23H2,1-3H3,(H,24,26)(H,25,27)(H,28,34)(H,29,33)(H,30,32)(H,35,36). The zero-order chi connectivity index (χ0) is 26.8. The first-order chi connectivity index (χ1) is 17.0. The molecule has 14 nitrogen and oxygen atoms in total. The predicted octanol–water partition coefficient (Wildman–Crippen LogP) is -1.79. The predicted molar refractivity (Wildman–Crippen MR) is 127 cm³/mol. The van der Waals surface area contributed by atoms with E-state index in [1.807, 2.05) is 13.8 Å². The number of aliphatic hydroxyl groups excluding tert-OH is 1. The Morgan fingerprint density at radius 2 is 1.44 bits per heavy atom. The highest BCUT2D eigenvalue weighted by Gasteiger charge is 2.33. The minimum Gasteiger partial charge on any atom is -0.480 e. The fraction of sp³-hybridized carbons (Fsp3) is 0.545. The number of hydrogen-bond donors (Lipinski definition) is 8. The van der Waals surface area contributed by atoms with Crippen LogP contribution >= 0.6 is 0 Å². The van der Waals surface area contributed by atoms with Crippen molar-refractivity contribution in [2.75, 3.05) is 0 Å². The number of carbonyl (C=O) groups is 4. The van der Waals surface area contributed by atoms with Gasteiger partial charge in [0.15, 0.2) is 0 Å². The molecule has 0 fully saturated rings. The summed E-state index contributed by atoms with van der Waals surface area (Å²) in [6, 6.07) is -4.83. The fourth-order valence-electron chi connectivity index (χ4n) is 3.44. The van der Waals surface area contributed by atoms with E-state index in [9.17, 15) is 29.4 Å². The van der Waals surface area contributed by atoms with Crippen molar-refractivity contribution in [2.24, 2.45) is 11.7 Å². The van der Waals surface area contributed by atoms with E-state index in [4.69, 9.17) is 5.73 Å². The number of nitrogens with zero attached hydrogens (tertiary/aromatic N) is 2. The Hall–Kier alpha value is -3.78. The molecule has 5 unspecified atom stereocenters. The van der Waals surface area contributed by atoms with E-state index in [0.717, 1.165) is 0 Å². The van der Waals surface area contributed by atoms with Crippen LogP contribution in [0.3, 0.4) is 0 Å². The molecule has 0 aromatic carbocycles. The van der Waals surface area contributed by atoms with Crippen LogP contribution in [0.25, 0.3) is 0 Å². The smallest absolute Gasteiger partial charge is 0.326 e. The number of aromatic nitrogens is 4. The van der Waals surface area contributed by atoms with Crippen molar-refractivity contribution in [1.29, 1.82) is 0 Å². The lowest BCUT2D eigenvalue weighted by Crippen LogP contribution is -2.60. The van der Waals surface area contributed by atoms with E-state index >= 15 is 0 Å². The summed E-state index contributed by atoms with van der Waals surface area (Å²) in [5, 5.41) is 27.0. The van der Waals surface area contributed by atoms with Crippen molar-refractivity contribution in [3.63, 3.8) is 0 Å². The lowest BCUT2D eigenvalue weighted by atomic mass is 10.0. The second kappa shape index (κ2) is 13.3. The van der Waals surface area contributed by atoms with Gasteiger partial charge in [-0.15, -0.1) is 0 Å². The summed E-state index contributed by atoms with van der Waals surface area (Å²) < 4.78 is 0. The Bertz CT molecular complexity index is 992. The fourth-order valence-corrected chi connectivity index (χ4v) is 3.44. The summed E-state index contributed by atoms with van der Waals surface area (Å²) in [5.41, 5.74) is 7.03. The monoisotopic (exact) mass is 506 g/mol. The maximum Gasteiger partial charge on any atom is 0.326 e.